The van der Waals surface area contributed by atoms with Crippen LogP contribution in [0.15, 0.2) is 65.3 Å². The summed E-state index contributed by atoms with van der Waals surface area (Å²) in [4.78, 5) is 42.1. The molecule has 0 bridgehead atoms. The van der Waals surface area contributed by atoms with Gasteiger partial charge >= 0.3 is 0 Å². The van der Waals surface area contributed by atoms with Crippen molar-refractivity contribution < 1.29 is 18.8 Å². The van der Waals surface area contributed by atoms with Crippen LogP contribution in [0.2, 0.25) is 0 Å². The zero-order valence-electron chi connectivity index (χ0n) is 19.0. The second kappa shape index (κ2) is 9.32. The van der Waals surface area contributed by atoms with Gasteiger partial charge in [0.15, 0.2) is 5.76 Å². The molecule has 1 aliphatic heterocycles. The van der Waals surface area contributed by atoms with E-state index in [1.807, 2.05) is 56.3 Å². The van der Waals surface area contributed by atoms with Gasteiger partial charge in [0, 0.05) is 25.7 Å². The minimum Gasteiger partial charge on any atom is -0.459 e. The van der Waals surface area contributed by atoms with Gasteiger partial charge in [0.2, 0.25) is 11.8 Å². The van der Waals surface area contributed by atoms with Gasteiger partial charge in [-0.1, -0.05) is 36.4 Å². The van der Waals surface area contributed by atoms with E-state index >= 15 is 0 Å². The molecule has 3 amide bonds. The Morgan fingerprint density at radius 1 is 1.03 bits per heavy atom. The highest BCUT2D eigenvalue weighted by atomic mass is 16.3. The number of nitrogens with one attached hydrogen (secondary N) is 1. The van der Waals surface area contributed by atoms with Gasteiger partial charge in [-0.2, -0.15) is 0 Å². The maximum atomic E-state index is 13.4. The number of rotatable bonds is 5. The largest absolute Gasteiger partial charge is 0.459 e. The van der Waals surface area contributed by atoms with Crippen LogP contribution in [0.4, 0.5) is 5.69 Å². The third kappa shape index (κ3) is 4.67. The lowest BCUT2D eigenvalue weighted by Gasteiger charge is -2.37. The fraction of sp³-hybridized carbons (Fsp3) is 0.269. The van der Waals surface area contributed by atoms with E-state index in [2.05, 4.69) is 5.32 Å². The Hall–Kier alpha value is -3.87. The second-order valence-electron chi connectivity index (χ2n) is 8.39. The molecular weight excluding hydrogens is 418 g/mol. The average Bonchev–Trinajstić information content (AvgIpc) is 3.35. The molecule has 7 heteroatoms. The Labute approximate surface area is 193 Å². The zero-order chi connectivity index (χ0) is 23.5. The Morgan fingerprint density at radius 2 is 1.79 bits per heavy atom. The van der Waals surface area contributed by atoms with Crippen LogP contribution in [0.5, 0.6) is 0 Å². The number of carbonyl (C=O) groups excluding carboxylic acids is 3. The van der Waals surface area contributed by atoms with Gasteiger partial charge in [-0.05, 0) is 54.3 Å². The van der Waals surface area contributed by atoms with E-state index in [4.69, 9.17) is 4.42 Å². The van der Waals surface area contributed by atoms with Gasteiger partial charge in [0.1, 0.15) is 6.04 Å². The molecule has 0 radical (unpaired) electrons. The lowest BCUT2D eigenvalue weighted by atomic mass is 9.93. The highest BCUT2D eigenvalue weighted by molar-refractivity contribution is 5.98. The van der Waals surface area contributed by atoms with E-state index in [0.29, 0.717) is 13.0 Å². The molecule has 1 aromatic heterocycles. The van der Waals surface area contributed by atoms with Crippen molar-refractivity contribution >= 4 is 23.4 Å². The van der Waals surface area contributed by atoms with Crippen LogP contribution in [-0.2, 0) is 22.6 Å². The molecule has 1 unspecified atom stereocenters. The van der Waals surface area contributed by atoms with Gasteiger partial charge in [-0.3, -0.25) is 14.4 Å². The quantitative estimate of drug-likeness (QED) is 0.651. The molecule has 2 heterocycles. The van der Waals surface area contributed by atoms with Crippen LogP contribution in [0.3, 0.4) is 0 Å². The molecule has 170 valence electrons. The molecule has 3 aromatic rings. The maximum absolute atomic E-state index is 13.4. The van der Waals surface area contributed by atoms with E-state index in [-0.39, 0.29) is 30.0 Å². The van der Waals surface area contributed by atoms with Gasteiger partial charge in [-0.15, -0.1) is 0 Å². The highest BCUT2D eigenvalue weighted by Crippen LogP contribution is 2.26. The highest BCUT2D eigenvalue weighted by Gasteiger charge is 2.37. The maximum Gasteiger partial charge on any atom is 0.290 e. The molecule has 0 spiro atoms. The molecular formula is C26H27N3O4. The molecule has 1 N–H and O–H groups in total. The number of likely N-dealkylation sites (N-methyl/N-ethyl adjacent to an activating group) is 1. The van der Waals surface area contributed by atoms with E-state index < -0.39 is 6.04 Å². The van der Waals surface area contributed by atoms with Gasteiger partial charge in [0.25, 0.3) is 5.91 Å². The average molecular weight is 446 g/mol. The summed E-state index contributed by atoms with van der Waals surface area (Å²) in [6.07, 6.45) is 1.82. The van der Waals surface area contributed by atoms with Gasteiger partial charge < -0.3 is 19.5 Å². The number of carbonyl (C=O) groups is 3. The summed E-state index contributed by atoms with van der Waals surface area (Å²) >= 11 is 0. The van der Waals surface area contributed by atoms with Crippen LogP contribution >= 0.6 is 0 Å². The van der Waals surface area contributed by atoms with Crippen molar-refractivity contribution in [2.24, 2.45) is 0 Å². The normalized spacial score (nSPS) is 15.0. The van der Waals surface area contributed by atoms with Crippen molar-refractivity contribution in [2.75, 3.05) is 18.9 Å². The molecule has 0 saturated carbocycles. The Bertz CT molecular complexity index is 1190. The Morgan fingerprint density at radius 3 is 2.52 bits per heavy atom. The Balaban J connectivity index is 1.52. The summed E-state index contributed by atoms with van der Waals surface area (Å²) in [5.74, 6) is -0.746. The predicted molar refractivity (Wildman–Crippen MR) is 125 cm³/mol. The van der Waals surface area contributed by atoms with Crippen LogP contribution in [0, 0.1) is 13.8 Å². The predicted octanol–water partition coefficient (Wildman–Crippen LogP) is 3.56. The molecule has 0 aliphatic carbocycles. The van der Waals surface area contributed by atoms with Gasteiger partial charge in [-0.25, -0.2) is 0 Å². The minimum atomic E-state index is -0.726. The fourth-order valence-corrected chi connectivity index (χ4v) is 4.12. The summed E-state index contributed by atoms with van der Waals surface area (Å²) in [6.45, 7) is 4.10. The topological polar surface area (TPSA) is 82.9 Å². The van der Waals surface area contributed by atoms with Crippen molar-refractivity contribution in [1.29, 1.82) is 0 Å². The number of hydrogen-bond donors (Lipinski definition) is 1. The summed E-state index contributed by atoms with van der Waals surface area (Å²) in [6, 6.07) is 16.0. The third-order valence-corrected chi connectivity index (χ3v) is 6.16. The van der Waals surface area contributed by atoms with E-state index in [1.54, 1.807) is 19.2 Å². The summed E-state index contributed by atoms with van der Waals surface area (Å²) in [7, 11) is 1.58. The fourth-order valence-electron chi connectivity index (χ4n) is 4.12. The standard InChI is InChI=1S/C26H27N3O4/c1-17-8-6-11-21(18(17)2)27-24(30)16-28(3)25(31)22-14-19-9-4-5-10-20(19)15-29(22)26(32)23-12-7-13-33-23/h4-13,22H,14-16H2,1-3H3,(H,27,30). The van der Waals surface area contributed by atoms with Crippen molar-refractivity contribution in [3.05, 3.63) is 88.9 Å². The van der Waals surface area contributed by atoms with Crippen LogP contribution in [-0.4, -0.2) is 47.2 Å². The van der Waals surface area contributed by atoms with Crippen LogP contribution in [0.25, 0.3) is 0 Å². The SMILES string of the molecule is Cc1cccc(NC(=O)CN(C)C(=O)C2Cc3ccccc3CN2C(=O)c2ccco2)c1C. The molecule has 2 aromatic carbocycles. The number of amides is 3. The first-order valence-corrected chi connectivity index (χ1v) is 10.9. The third-order valence-electron chi connectivity index (χ3n) is 6.16. The number of anilines is 1. The van der Waals surface area contributed by atoms with Crippen LogP contribution in [0.1, 0.15) is 32.8 Å². The number of benzene rings is 2. The van der Waals surface area contributed by atoms with E-state index in [0.717, 1.165) is 27.9 Å². The first kappa shape index (κ1) is 22.3. The smallest absolute Gasteiger partial charge is 0.290 e. The number of nitrogens with zero attached hydrogens (tertiary/aromatic N) is 2. The number of aryl methyl sites for hydroxylation is 1. The van der Waals surface area contributed by atoms with Crippen LogP contribution < -0.4 is 5.32 Å². The first-order valence-electron chi connectivity index (χ1n) is 10.9. The summed E-state index contributed by atoms with van der Waals surface area (Å²) < 4.78 is 5.30. The molecule has 7 nitrogen and oxygen atoms in total. The molecule has 1 aliphatic rings. The first-order chi connectivity index (χ1) is 15.8. The Kier molecular flexibility index (Phi) is 6.31. The molecule has 33 heavy (non-hydrogen) atoms. The van der Waals surface area contributed by atoms with Gasteiger partial charge in [0.05, 0.1) is 12.8 Å². The second-order valence-corrected chi connectivity index (χ2v) is 8.39. The van der Waals surface area contributed by atoms with E-state index in [1.165, 1.54) is 16.1 Å². The lowest BCUT2D eigenvalue weighted by molar-refractivity contribution is -0.137. The number of furan rings is 1. The zero-order valence-corrected chi connectivity index (χ0v) is 19.0. The van der Waals surface area contributed by atoms with Crippen molar-refractivity contribution in [3.63, 3.8) is 0 Å². The molecule has 4 rings (SSSR count). The van der Waals surface area contributed by atoms with Crippen molar-refractivity contribution in [2.45, 2.75) is 32.9 Å². The number of fused-ring (bicyclic) bond motifs is 1. The number of hydrogen-bond acceptors (Lipinski definition) is 4. The van der Waals surface area contributed by atoms with Crippen molar-refractivity contribution in [1.82, 2.24) is 9.80 Å². The summed E-state index contributed by atoms with van der Waals surface area (Å²) in [5, 5.41) is 2.88. The molecule has 0 fully saturated rings. The van der Waals surface area contributed by atoms with E-state index in [9.17, 15) is 14.4 Å². The summed E-state index contributed by atoms with van der Waals surface area (Å²) in [5.41, 5.74) is 4.80. The minimum absolute atomic E-state index is 0.118. The van der Waals surface area contributed by atoms with Crippen molar-refractivity contribution in [3.8, 4) is 0 Å². The molecule has 0 saturated heterocycles. The molecule has 1 atom stereocenters. The lowest BCUT2D eigenvalue weighted by Crippen LogP contribution is -2.53. The monoisotopic (exact) mass is 445 g/mol.